The van der Waals surface area contributed by atoms with Crippen LogP contribution in [0.15, 0.2) is 28.9 Å². The molecule has 2 aromatic rings. The highest BCUT2D eigenvalue weighted by molar-refractivity contribution is 7.90. The fourth-order valence-electron chi connectivity index (χ4n) is 2.91. The van der Waals surface area contributed by atoms with Gasteiger partial charge in [-0.3, -0.25) is 0 Å². The summed E-state index contributed by atoms with van der Waals surface area (Å²) >= 11 is 10.7. The minimum atomic E-state index is 0.155. The van der Waals surface area contributed by atoms with Crippen LogP contribution in [0.4, 0.5) is 11.8 Å². The Morgan fingerprint density at radius 2 is 2.28 bits per heavy atom. The Bertz CT molecular complexity index is 791. The Morgan fingerprint density at radius 3 is 2.96 bits per heavy atom. The van der Waals surface area contributed by atoms with Crippen LogP contribution in [0, 0.1) is 5.92 Å². The number of allylic oxidation sites excluding steroid dienone is 2. The number of nitrogens with one attached hydrogen (secondary N) is 1. The largest absolute Gasteiger partial charge is 0.368 e. The predicted molar refractivity (Wildman–Crippen MR) is 104 cm³/mol. The normalized spacial score (nSPS) is 21.2. The molecule has 2 aromatic heterocycles. The summed E-state index contributed by atoms with van der Waals surface area (Å²) in [5, 5.41) is 7.42. The van der Waals surface area contributed by atoms with Crippen LogP contribution in [0.25, 0.3) is 11.0 Å². The van der Waals surface area contributed by atoms with Gasteiger partial charge in [0.05, 0.1) is 11.8 Å². The maximum atomic E-state index is 6.27. The molecule has 8 heteroatoms. The second-order valence-corrected chi connectivity index (χ2v) is 7.02. The van der Waals surface area contributed by atoms with Crippen molar-refractivity contribution >= 4 is 47.0 Å². The molecule has 0 spiro atoms. The van der Waals surface area contributed by atoms with Gasteiger partial charge in [0.15, 0.2) is 5.76 Å². The lowest BCUT2D eigenvalue weighted by atomic mass is 10.1. The number of hydrogen-bond acceptors (Lipinski definition) is 7. The van der Waals surface area contributed by atoms with Crippen molar-refractivity contribution in [1.29, 1.82) is 0 Å². The van der Waals surface area contributed by atoms with Crippen molar-refractivity contribution in [1.82, 2.24) is 15.1 Å². The van der Waals surface area contributed by atoms with E-state index < -0.39 is 0 Å². The number of hydrogen-bond donors (Lipinski definition) is 3. The molecule has 132 valence electrons. The van der Waals surface area contributed by atoms with Crippen molar-refractivity contribution in [3.8, 4) is 0 Å². The Labute approximate surface area is 157 Å². The third kappa shape index (κ3) is 4.55. The number of aromatic nitrogens is 3. The van der Waals surface area contributed by atoms with Crippen LogP contribution in [-0.2, 0) is 0 Å². The number of thiol groups is 1. The monoisotopic (exact) mass is 377 g/mol. The second kappa shape index (κ2) is 7.93. The second-order valence-electron chi connectivity index (χ2n) is 6.18. The highest BCUT2D eigenvalue weighted by Gasteiger charge is 2.22. The molecule has 3 N–H and O–H groups in total. The molecule has 0 aliphatic heterocycles. The van der Waals surface area contributed by atoms with Crippen LogP contribution in [0.2, 0.25) is 5.15 Å². The molecule has 2 unspecified atom stereocenters. The molecule has 2 atom stereocenters. The highest BCUT2D eigenvalue weighted by atomic mass is 35.5. The standard InChI is InChI=1S/C17H20ClN5OS/c1-10-5-6-11(9-10)21-16-12(15(18)22-17(19)23-16)3-2-4-14(25)13-7-8-20-24-13/h2-4,7-8,10-11,25H,5-6,9H2,1H3,(H3,19,21,22,23)/b3-2+,14-4-. The molecule has 1 aliphatic rings. The first kappa shape index (κ1) is 17.8. The van der Waals surface area contributed by atoms with Gasteiger partial charge in [-0.25, -0.2) is 4.98 Å². The summed E-state index contributed by atoms with van der Waals surface area (Å²) in [7, 11) is 0. The average Bonchev–Trinajstić information content (AvgIpc) is 3.21. The first-order valence-electron chi connectivity index (χ1n) is 8.11. The Morgan fingerprint density at radius 1 is 1.44 bits per heavy atom. The van der Waals surface area contributed by atoms with Gasteiger partial charge in [-0.05, 0) is 37.3 Å². The van der Waals surface area contributed by atoms with E-state index in [-0.39, 0.29) is 5.95 Å². The van der Waals surface area contributed by atoms with Crippen LogP contribution < -0.4 is 11.1 Å². The molecule has 0 aromatic carbocycles. The van der Waals surface area contributed by atoms with Crippen molar-refractivity contribution < 1.29 is 4.52 Å². The fraction of sp³-hybridized carbons (Fsp3) is 0.353. The van der Waals surface area contributed by atoms with Crippen molar-refractivity contribution in [2.45, 2.75) is 32.2 Å². The van der Waals surface area contributed by atoms with Gasteiger partial charge in [0.25, 0.3) is 0 Å². The molecular weight excluding hydrogens is 358 g/mol. The van der Waals surface area contributed by atoms with E-state index in [1.807, 2.05) is 12.2 Å². The summed E-state index contributed by atoms with van der Waals surface area (Å²) < 4.78 is 5.05. The maximum Gasteiger partial charge on any atom is 0.223 e. The molecule has 0 saturated heterocycles. The zero-order valence-electron chi connectivity index (χ0n) is 13.8. The molecule has 1 saturated carbocycles. The van der Waals surface area contributed by atoms with Gasteiger partial charge < -0.3 is 15.6 Å². The first-order valence-corrected chi connectivity index (χ1v) is 8.93. The van der Waals surface area contributed by atoms with Crippen LogP contribution in [0.3, 0.4) is 0 Å². The van der Waals surface area contributed by atoms with Gasteiger partial charge in [-0.2, -0.15) is 4.98 Å². The lowest BCUT2D eigenvalue weighted by Crippen LogP contribution is -2.18. The Hall–Kier alpha value is -1.99. The number of nitrogens with two attached hydrogens (primary N) is 1. The number of nitrogen functional groups attached to an aromatic ring is 1. The summed E-state index contributed by atoms with van der Waals surface area (Å²) in [5.74, 6) is 2.11. The quantitative estimate of drug-likeness (QED) is 0.409. The molecule has 0 radical (unpaired) electrons. The lowest BCUT2D eigenvalue weighted by Gasteiger charge is -2.16. The third-order valence-corrected chi connectivity index (χ3v) is 4.82. The minimum absolute atomic E-state index is 0.155. The zero-order chi connectivity index (χ0) is 17.8. The van der Waals surface area contributed by atoms with E-state index in [2.05, 4.69) is 40.0 Å². The van der Waals surface area contributed by atoms with Crippen molar-refractivity contribution in [2.24, 2.45) is 5.92 Å². The van der Waals surface area contributed by atoms with Crippen LogP contribution in [0.5, 0.6) is 0 Å². The molecule has 6 nitrogen and oxygen atoms in total. The maximum absolute atomic E-state index is 6.27. The van der Waals surface area contributed by atoms with Crippen molar-refractivity contribution in [3.63, 3.8) is 0 Å². The summed E-state index contributed by atoms with van der Waals surface area (Å²) in [6.45, 7) is 2.26. The van der Waals surface area contributed by atoms with E-state index >= 15 is 0 Å². The number of anilines is 2. The summed E-state index contributed by atoms with van der Waals surface area (Å²) in [6, 6.07) is 2.11. The van der Waals surface area contributed by atoms with E-state index in [0.29, 0.717) is 39.2 Å². The lowest BCUT2D eigenvalue weighted by molar-refractivity contribution is 0.412. The molecule has 3 rings (SSSR count). The van der Waals surface area contributed by atoms with E-state index in [0.717, 1.165) is 12.8 Å². The predicted octanol–water partition coefficient (Wildman–Crippen LogP) is 4.28. The van der Waals surface area contributed by atoms with Gasteiger partial charge in [-0.15, -0.1) is 12.6 Å². The van der Waals surface area contributed by atoms with Gasteiger partial charge in [-0.1, -0.05) is 29.8 Å². The van der Waals surface area contributed by atoms with Crippen LogP contribution in [-0.4, -0.2) is 21.2 Å². The number of nitrogens with zero attached hydrogens (tertiary/aromatic N) is 3. The van der Waals surface area contributed by atoms with Gasteiger partial charge in [0.1, 0.15) is 11.0 Å². The zero-order valence-corrected chi connectivity index (χ0v) is 15.5. The molecule has 0 bridgehead atoms. The van der Waals surface area contributed by atoms with E-state index in [4.69, 9.17) is 21.9 Å². The summed E-state index contributed by atoms with van der Waals surface area (Å²) in [5.41, 5.74) is 6.46. The molecule has 2 heterocycles. The van der Waals surface area contributed by atoms with Gasteiger partial charge >= 0.3 is 0 Å². The summed E-state index contributed by atoms with van der Waals surface area (Å²) in [4.78, 5) is 9.02. The average molecular weight is 378 g/mol. The SMILES string of the molecule is CC1CCC(Nc2nc(N)nc(Cl)c2/C=C/C=C(\S)c2ccno2)C1. The highest BCUT2D eigenvalue weighted by Crippen LogP contribution is 2.30. The van der Waals surface area contributed by atoms with Crippen molar-refractivity contribution in [3.05, 3.63) is 40.9 Å². The molecule has 1 fully saturated rings. The van der Waals surface area contributed by atoms with Gasteiger partial charge in [0.2, 0.25) is 5.95 Å². The molecular formula is C17H20ClN5OS. The number of rotatable bonds is 5. The van der Waals surface area contributed by atoms with E-state index in [1.54, 1.807) is 18.3 Å². The first-order chi connectivity index (χ1) is 12.0. The molecule has 0 amide bonds. The Kier molecular flexibility index (Phi) is 5.65. The van der Waals surface area contributed by atoms with E-state index in [1.165, 1.54) is 6.42 Å². The number of halogens is 1. The van der Waals surface area contributed by atoms with E-state index in [9.17, 15) is 0 Å². The fourth-order valence-corrected chi connectivity index (χ4v) is 3.35. The summed E-state index contributed by atoms with van der Waals surface area (Å²) in [6.07, 6.45) is 10.4. The molecule has 25 heavy (non-hydrogen) atoms. The van der Waals surface area contributed by atoms with Crippen LogP contribution in [0.1, 0.15) is 37.5 Å². The topological polar surface area (TPSA) is 89.9 Å². The van der Waals surface area contributed by atoms with Crippen molar-refractivity contribution in [2.75, 3.05) is 11.1 Å². The Balaban J connectivity index is 1.82. The molecule has 1 aliphatic carbocycles. The third-order valence-electron chi connectivity index (χ3n) is 4.16. The van der Waals surface area contributed by atoms with Crippen LogP contribution >= 0.6 is 24.2 Å². The smallest absolute Gasteiger partial charge is 0.223 e. The van der Waals surface area contributed by atoms with Gasteiger partial charge in [0, 0.05) is 17.0 Å². The minimum Gasteiger partial charge on any atom is -0.368 e.